The molecule has 2 aliphatic rings. The summed E-state index contributed by atoms with van der Waals surface area (Å²) in [6, 6.07) is 2.12. The Morgan fingerprint density at radius 1 is 1.36 bits per heavy atom. The first-order valence-electron chi connectivity index (χ1n) is 8.76. The number of carbonyl (C=O) groups is 1. The van der Waals surface area contributed by atoms with E-state index in [1.165, 1.54) is 10.4 Å². The van der Waals surface area contributed by atoms with E-state index < -0.39 is 6.10 Å². The van der Waals surface area contributed by atoms with Crippen molar-refractivity contribution in [3.63, 3.8) is 0 Å². The molecule has 1 unspecified atom stereocenters. The van der Waals surface area contributed by atoms with Crippen LogP contribution in [0.15, 0.2) is 23.8 Å². The van der Waals surface area contributed by atoms with Crippen molar-refractivity contribution in [3.05, 3.63) is 39.8 Å². The van der Waals surface area contributed by atoms with Gasteiger partial charge in [0.15, 0.2) is 6.10 Å². The fourth-order valence-corrected chi connectivity index (χ4v) is 4.20. The summed E-state index contributed by atoms with van der Waals surface area (Å²) in [6.07, 6.45) is 5.14. The second-order valence-corrected chi connectivity index (χ2v) is 7.43. The van der Waals surface area contributed by atoms with Gasteiger partial charge in [-0.3, -0.25) is 4.79 Å². The molecular formula is C18H22N4O2S. The van der Waals surface area contributed by atoms with E-state index in [2.05, 4.69) is 28.3 Å². The Kier molecular flexibility index (Phi) is 4.67. The van der Waals surface area contributed by atoms with Crippen LogP contribution in [-0.2, 0) is 28.9 Å². The number of aryl methyl sites for hydroxylation is 1. The topological polar surface area (TPSA) is 58.6 Å². The number of amides is 1. The largest absolute Gasteiger partial charge is 0.365 e. The first-order valence-corrected chi connectivity index (χ1v) is 9.64. The maximum atomic E-state index is 12.9. The van der Waals surface area contributed by atoms with E-state index in [1.807, 2.05) is 22.2 Å². The fourth-order valence-electron chi connectivity index (χ4n) is 3.31. The summed E-state index contributed by atoms with van der Waals surface area (Å²) in [7, 11) is 0. The molecule has 2 aliphatic heterocycles. The first-order chi connectivity index (χ1) is 12.2. The third-order valence-corrected chi connectivity index (χ3v) is 5.87. The van der Waals surface area contributed by atoms with Gasteiger partial charge in [-0.05, 0) is 35.4 Å². The SMILES string of the molecule is CCc1cnc(N2CCOC(C(=O)N3CCc4sccc4C3)C2)nc1. The van der Waals surface area contributed by atoms with Crippen LogP contribution in [0.1, 0.15) is 22.9 Å². The Balaban J connectivity index is 1.43. The maximum absolute atomic E-state index is 12.9. The van der Waals surface area contributed by atoms with Crippen LogP contribution in [0, 0.1) is 0 Å². The molecule has 132 valence electrons. The normalized spacial score (nSPS) is 20.4. The quantitative estimate of drug-likeness (QED) is 0.839. The van der Waals surface area contributed by atoms with Crippen LogP contribution in [0.3, 0.4) is 0 Å². The number of nitrogens with zero attached hydrogens (tertiary/aromatic N) is 4. The van der Waals surface area contributed by atoms with E-state index in [-0.39, 0.29) is 5.91 Å². The zero-order chi connectivity index (χ0) is 17.2. The summed E-state index contributed by atoms with van der Waals surface area (Å²) in [5, 5.41) is 2.11. The number of morpholine rings is 1. The summed E-state index contributed by atoms with van der Waals surface area (Å²) in [4.78, 5) is 27.1. The minimum atomic E-state index is -0.441. The Bertz CT molecular complexity index is 746. The number of hydrogen-bond acceptors (Lipinski definition) is 6. The fraction of sp³-hybridized carbons (Fsp3) is 0.500. The number of thiophene rings is 1. The maximum Gasteiger partial charge on any atom is 0.253 e. The standard InChI is InChI=1S/C18H22N4O2S/c1-2-13-9-19-18(20-10-13)22-6-7-24-15(12-22)17(23)21-5-3-16-14(11-21)4-8-25-16/h4,8-10,15H,2-3,5-7,11-12H2,1H3. The molecule has 4 rings (SSSR count). The molecule has 1 fully saturated rings. The predicted octanol–water partition coefficient (Wildman–Crippen LogP) is 1.89. The van der Waals surface area contributed by atoms with E-state index in [9.17, 15) is 4.79 Å². The Morgan fingerprint density at radius 2 is 2.20 bits per heavy atom. The molecule has 1 atom stereocenters. The van der Waals surface area contributed by atoms with Gasteiger partial charge in [-0.25, -0.2) is 9.97 Å². The molecule has 0 spiro atoms. The number of fused-ring (bicyclic) bond motifs is 1. The van der Waals surface area contributed by atoms with Crippen LogP contribution in [0.25, 0.3) is 0 Å². The molecule has 0 bridgehead atoms. The molecule has 4 heterocycles. The number of ether oxygens (including phenoxy) is 1. The van der Waals surface area contributed by atoms with Crippen LogP contribution < -0.4 is 4.90 Å². The molecule has 2 aromatic rings. The van der Waals surface area contributed by atoms with Crippen molar-refractivity contribution >= 4 is 23.2 Å². The Labute approximate surface area is 151 Å². The first kappa shape index (κ1) is 16.5. The minimum Gasteiger partial charge on any atom is -0.365 e. The van der Waals surface area contributed by atoms with Crippen LogP contribution in [0.4, 0.5) is 5.95 Å². The summed E-state index contributed by atoms with van der Waals surface area (Å²) >= 11 is 1.78. The second kappa shape index (κ2) is 7.09. The summed E-state index contributed by atoms with van der Waals surface area (Å²) in [5.41, 5.74) is 2.39. The molecule has 7 heteroatoms. The van der Waals surface area contributed by atoms with Gasteiger partial charge in [0.05, 0.1) is 13.2 Å². The van der Waals surface area contributed by atoms with Crippen molar-refractivity contribution in [3.8, 4) is 0 Å². The van der Waals surface area contributed by atoms with Crippen LogP contribution in [0.5, 0.6) is 0 Å². The van der Waals surface area contributed by atoms with Crippen molar-refractivity contribution in [2.75, 3.05) is 31.1 Å². The number of carbonyl (C=O) groups excluding carboxylic acids is 1. The van der Waals surface area contributed by atoms with Crippen LogP contribution in [0.2, 0.25) is 0 Å². The number of aromatic nitrogens is 2. The second-order valence-electron chi connectivity index (χ2n) is 6.43. The molecule has 0 saturated carbocycles. The van der Waals surface area contributed by atoms with Gasteiger partial charge in [0.1, 0.15) is 0 Å². The average molecular weight is 358 g/mol. The van der Waals surface area contributed by atoms with Crippen molar-refractivity contribution < 1.29 is 9.53 Å². The highest BCUT2D eigenvalue weighted by molar-refractivity contribution is 7.10. The van der Waals surface area contributed by atoms with E-state index in [1.54, 1.807) is 11.3 Å². The van der Waals surface area contributed by atoms with E-state index in [0.717, 1.165) is 24.9 Å². The molecular weight excluding hydrogens is 336 g/mol. The van der Waals surface area contributed by atoms with E-state index >= 15 is 0 Å². The van der Waals surface area contributed by atoms with Crippen LogP contribution >= 0.6 is 11.3 Å². The smallest absolute Gasteiger partial charge is 0.253 e. The number of hydrogen-bond donors (Lipinski definition) is 0. The molecule has 0 aromatic carbocycles. The van der Waals surface area contributed by atoms with Gasteiger partial charge in [0, 0.05) is 36.9 Å². The average Bonchev–Trinajstić information content (AvgIpc) is 3.15. The summed E-state index contributed by atoms with van der Waals surface area (Å²) in [5.74, 6) is 0.754. The molecule has 0 aliphatic carbocycles. The van der Waals surface area contributed by atoms with Gasteiger partial charge in [-0.1, -0.05) is 6.92 Å². The predicted molar refractivity (Wildman–Crippen MR) is 96.8 cm³/mol. The van der Waals surface area contributed by atoms with Gasteiger partial charge in [-0.2, -0.15) is 0 Å². The lowest BCUT2D eigenvalue weighted by Gasteiger charge is -2.36. The summed E-state index contributed by atoms with van der Waals surface area (Å²) in [6.45, 7) is 5.29. The highest BCUT2D eigenvalue weighted by atomic mass is 32.1. The zero-order valence-corrected chi connectivity index (χ0v) is 15.2. The molecule has 6 nitrogen and oxygen atoms in total. The van der Waals surface area contributed by atoms with Crippen molar-refractivity contribution in [1.29, 1.82) is 0 Å². The number of anilines is 1. The lowest BCUT2D eigenvalue weighted by atomic mass is 10.1. The highest BCUT2D eigenvalue weighted by Gasteiger charge is 2.32. The molecule has 1 saturated heterocycles. The van der Waals surface area contributed by atoms with E-state index in [0.29, 0.717) is 32.2 Å². The molecule has 0 radical (unpaired) electrons. The molecule has 0 N–H and O–H groups in total. The molecule has 1 amide bonds. The highest BCUT2D eigenvalue weighted by Crippen LogP contribution is 2.25. The lowest BCUT2D eigenvalue weighted by Crippen LogP contribution is -2.52. The monoisotopic (exact) mass is 358 g/mol. The third-order valence-electron chi connectivity index (χ3n) is 4.84. The summed E-state index contributed by atoms with van der Waals surface area (Å²) < 4.78 is 5.77. The Hall–Kier alpha value is -1.99. The minimum absolute atomic E-state index is 0.0757. The van der Waals surface area contributed by atoms with Gasteiger partial charge < -0.3 is 14.5 Å². The van der Waals surface area contributed by atoms with Crippen molar-refractivity contribution in [1.82, 2.24) is 14.9 Å². The van der Waals surface area contributed by atoms with Gasteiger partial charge in [-0.15, -0.1) is 11.3 Å². The molecule has 2 aromatic heterocycles. The van der Waals surface area contributed by atoms with Crippen molar-refractivity contribution in [2.24, 2.45) is 0 Å². The van der Waals surface area contributed by atoms with E-state index in [4.69, 9.17) is 4.74 Å². The lowest BCUT2D eigenvalue weighted by molar-refractivity contribution is -0.145. The van der Waals surface area contributed by atoms with Crippen molar-refractivity contribution in [2.45, 2.75) is 32.4 Å². The number of rotatable bonds is 3. The van der Waals surface area contributed by atoms with Gasteiger partial charge >= 0.3 is 0 Å². The van der Waals surface area contributed by atoms with Crippen LogP contribution in [-0.4, -0.2) is 53.1 Å². The Morgan fingerprint density at radius 3 is 3.00 bits per heavy atom. The third kappa shape index (κ3) is 3.39. The zero-order valence-electron chi connectivity index (χ0n) is 14.4. The molecule has 25 heavy (non-hydrogen) atoms. The van der Waals surface area contributed by atoms with Gasteiger partial charge in [0.25, 0.3) is 5.91 Å². The van der Waals surface area contributed by atoms with Gasteiger partial charge in [0.2, 0.25) is 5.95 Å².